The fourth-order valence-electron chi connectivity index (χ4n) is 3.94. The minimum Gasteiger partial charge on any atom is -0.614 e. The lowest BCUT2D eigenvalue weighted by atomic mass is 9.98. The second kappa shape index (κ2) is 9.15. The number of fused-ring (bicyclic) bond motifs is 1. The number of nitrogens with zero attached hydrogens (tertiary/aromatic N) is 1. The molecule has 2 aromatic rings. The van der Waals surface area contributed by atoms with Crippen molar-refractivity contribution in [1.82, 2.24) is 10.2 Å². The number of β-lactam (4-membered cyclic amide) rings is 1. The monoisotopic (exact) mass is 454 g/mol. The van der Waals surface area contributed by atoms with Gasteiger partial charge in [0.25, 0.3) is 11.8 Å². The van der Waals surface area contributed by atoms with Crippen LogP contribution < -0.4 is 5.32 Å². The molecule has 2 aromatic carbocycles. The van der Waals surface area contributed by atoms with Gasteiger partial charge in [0.2, 0.25) is 5.37 Å². The average molecular weight is 455 g/mol. The van der Waals surface area contributed by atoms with Crippen LogP contribution in [0, 0.1) is 0 Å². The predicted molar refractivity (Wildman–Crippen MR) is 117 cm³/mol. The minimum atomic E-state index is -1.57. The summed E-state index contributed by atoms with van der Waals surface area (Å²) in [5.41, 5.74) is 1.69. The number of carbonyl (C=O) groups is 3. The normalized spacial score (nSPS) is 25.5. The Morgan fingerprint density at radius 1 is 1.19 bits per heavy atom. The van der Waals surface area contributed by atoms with Gasteiger partial charge in [0.15, 0.2) is 18.2 Å². The Balaban J connectivity index is 1.51. The summed E-state index contributed by atoms with van der Waals surface area (Å²) in [4.78, 5) is 38.5. The van der Waals surface area contributed by atoms with Crippen LogP contribution in [-0.2, 0) is 36.9 Å². The van der Waals surface area contributed by atoms with E-state index in [1.54, 1.807) is 24.3 Å². The third-order valence-electron chi connectivity index (χ3n) is 5.47. The molecule has 9 heteroatoms. The summed E-state index contributed by atoms with van der Waals surface area (Å²) in [7, 11) is 0. The molecule has 0 spiro atoms. The molecule has 0 bridgehead atoms. The fourth-order valence-corrected chi connectivity index (χ4v) is 5.60. The first-order valence-corrected chi connectivity index (χ1v) is 11.4. The van der Waals surface area contributed by atoms with E-state index in [4.69, 9.17) is 4.74 Å². The zero-order valence-electron chi connectivity index (χ0n) is 17.0. The average Bonchev–Trinajstić information content (AvgIpc) is 2.78. The Bertz CT molecular complexity index is 1030. The maximum atomic E-state index is 13.1. The first-order valence-electron chi connectivity index (χ1n) is 9.99. The van der Waals surface area contributed by atoms with E-state index in [-0.39, 0.29) is 17.9 Å². The third kappa shape index (κ3) is 4.14. The van der Waals surface area contributed by atoms with Crippen molar-refractivity contribution in [3.63, 3.8) is 0 Å². The maximum Gasteiger partial charge on any atom is 0.331 e. The SMILES string of the molecule is C=C1C[S+]([O-])[C@H]2C(NC(=O)C(OCc3ccccc3)c3ccccc3)C(=O)N2C1C(=O)O. The molecular weight excluding hydrogens is 432 g/mol. The third-order valence-corrected chi connectivity index (χ3v) is 7.17. The molecular formula is C23H22N2O6S. The van der Waals surface area contributed by atoms with Crippen molar-refractivity contribution in [3.8, 4) is 0 Å². The van der Waals surface area contributed by atoms with Crippen molar-refractivity contribution >= 4 is 29.0 Å². The summed E-state index contributed by atoms with van der Waals surface area (Å²) in [6.07, 6.45) is -1.000. The Labute approximate surface area is 188 Å². The molecule has 2 saturated heterocycles. The van der Waals surface area contributed by atoms with Crippen LogP contribution >= 0.6 is 0 Å². The van der Waals surface area contributed by atoms with E-state index in [2.05, 4.69) is 11.9 Å². The lowest BCUT2D eigenvalue weighted by Crippen LogP contribution is -2.78. The van der Waals surface area contributed by atoms with Crippen LogP contribution in [0.25, 0.3) is 0 Å². The van der Waals surface area contributed by atoms with Crippen molar-refractivity contribution in [2.75, 3.05) is 5.75 Å². The van der Waals surface area contributed by atoms with Crippen LogP contribution in [0.2, 0.25) is 0 Å². The van der Waals surface area contributed by atoms with Crippen molar-refractivity contribution < 1.29 is 28.8 Å². The van der Waals surface area contributed by atoms with Gasteiger partial charge in [0.1, 0.15) is 5.75 Å². The van der Waals surface area contributed by atoms with Gasteiger partial charge >= 0.3 is 5.97 Å². The van der Waals surface area contributed by atoms with Gasteiger partial charge in [-0.2, -0.15) is 0 Å². The largest absolute Gasteiger partial charge is 0.614 e. The molecule has 166 valence electrons. The van der Waals surface area contributed by atoms with Crippen LogP contribution in [0.3, 0.4) is 0 Å². The van der Waals surface area contributed by atoms with E-state index in [1.165, 1.54) is 0 Å². The molecule has 0 radical (unpaired) electrons. The number of amides is 2. The molecule has 2 aliphatic rings. The lowest BCUT2D eigenvalue weighted by molar-refractivity contribution is -0.161. The highest BCUT2D eigenvalue weighted by Crippen LogP contribution is 2.36. The number of carbonyl (C=O) groups excluding carboxylic acids is 2. The molecule has 5 atom stereocenters. The molecule has 0 saturated carbocycles. The van der Waals surface area contributed by atoms with E-state index < -0.39 is 52.5 Å². The van der Waals surface area contributed by atoms with Crippen molar-refractivity contribution in [3.05, 3.63) is 83.9 Å². The van der Waals surface area contributed by atoms with Gasteiger partial charge in [-0.3, -0.25) is 14.5 Å². The molecule has 2 fully saturated rings. The molecule has 2 heterocycles. The number of carboxylic acid groups (broad SMARTS) is 1. The molecule has 2 N–H and O–H groups in total. The molecule has 32 heavy (non-hydrogen) atoms. The zero-order chi connectivity index (χ0) is 22.8. The molecule has 8 nitrogen and oxygen atoms in total. The van der Waals surface area contributed by atoms with E-state index in [0.29, 0.717) is 5.56 Å². The van der Waals surface area contributed by atoms with Crippen molar-refractivity contribution in [2.45, 2.75) is 30.2 Å². The van der Waals surface area contributed by atoms with Gasteiger partial charge in [0.05, 0.1) is 6.61 Å². The summed E-state index contributed by atoms with van der Waals surface area (Å²) in [6, 6.07) is 15.9. The number of nitrogens with one attached hydrogen (secondary N) is 1. The van der Waals surface area contributed by atoms with Crippen LogP contribution in [0.4, 0.5) is 0 Å². The molecule has 4 unspecified atom stereocenters. The zero-order valence-corrected chi connectivity index (χ0v) is 17.9. The van der Waals surface area contributed by atoms with E-state index in [1.807, 2.05) is 36.4 Å². The molecule has 0 aromatic heterocycles. The number of ether oxygens (including phenoxy) is 1. The topological polar surface area (TPSA) is 119 Å². The number of aliphatic carboxylic acids is 1. The van der Waals surface area contributed by atoms with Gasteiger partial charge in [0, 0.05) is 5.57 Å². The highest BCUT2D eigenvalue weighted by Gasteiger charge is 2.63. The second-order valence-corrected chi connectivity index (χ2v) is 9.17. The predicted octanol–water partition coefficient (Wildman–Crippen LogP) is 1.37. The summed E-state index contributed by atoms with van der Waals surface area (Å²) in [5.74, 6) is -2.42. The molecule has 2 amide bonds. The summed E-state index contributed by atoms with van der Waals surface area (Å²) in [6.45, 7) is 3.83. The lowest BCUT2D eigenvalue weighted by Gasteiger charge is -2.51. The van der Waals surface area contributed by atoms with Gasteiger partial charge in [-0.15, -0.1) is 0 Å². The fraction of sp³-hybridized carbons (Fsp3) is 0.261. The first-order chi connectivity index (χ1) is 15.4. The molecule has 2 aliphatic heterocycles. The molecule has 0 aliphatic carbocycles. The Kier molecular flexibility index (Phi) is 6.31. The van der Waals surface area contributed by atoms with E-state index in [0.717, 1.165) is 10.5 Å². The number of benzene rings is 2. The molecule has 4 rings (SSSR count). The Morgan fingerprint density at radius 2 is 1.81 bits per heavy atom. The summed E-state index contributed by atoms with van der Waals surface area (Å²) < 4.78 is 18.5. The number of carboxylic acids is 1. The smallest absolute Gasteiger partial charge is 0.331 e. The van der Waals surface area contributed by atoms with Crippen LogP contribution in [0.15, 0.2) is 72.8 Å². The van der Waals surface area contributed by atoms with Crippen LogP contribution in [0.5, 0.6) is 0 Å². The number of hydrogen-bond acceptors (Lipinski definition) is 5. The van der Waals surface area contributed by atoms with E-state index >= 15 is 0 Å². The van der Waals surface area contributed by atoms with Crippen molar-refractivity contribution in [1.29, 1.82) is 0 Å². The quantitative estimate of drug-likeness (QED) is 0.371. The highest BCUT2D eigenvalue weighted by molar-refractivity contribution is 7.92. The summed E-state index contributed by atoms with van der Waals surface area (Å²) in [5, 5.41) is 11.2. The first kappa shape index (κ1) is 22.1. The maximum absolute atomic E-state index is 13.1. The standard InChI is InChI=1S/C23H22N2O6S/c1-14-13-32(30)22-17(21(27)25(22)18(14)23(28)29)24-20(26)19(16-10-6-3-7-11-16)31-12-15-8-4-2-5-9-15/h2-11,17-19,22H,1,12-13H2,(H,24,26)(H,28,29)/t17?,18?,19?,22-,32?/m0/s1. The Hall–Kier alpha value is -3.14. The second-order valence-electron chi connectivity index (χ2n) is 7.63. The number of rotatable bonds is 7. The van der Waals surface area contributed by atoms with E-state index in [9.17, 15) is 24.0 Å². The number of hydrogen-bond donors (Lipinski definition) is 2. The Morgan fingerprint density at radius 3 is 2.44 bits per heavy atom. The van der Waals surface area contributed by atoms with Crippen LogP contribution in [-0.4, -0.2) is 55.6 Å². The highest BCUT2D eigenvalue weighted by atomic mass is 32.2. The minimum absolute atomic E-state index is 0.0373. The summed E-state index contributed by atoms with van der Waals surface area (Å²) >= 11 is -1.57. The van der Waals surface area contributed by atoms with Gasteiger partial charge in [-0.1, -0.05) is 67.2 Å². The van der Waals surface area contributed by atoms with Gasteiger partial charge < -0.3 is 19.7 Å². The van der Waals surface area contributed by atoms with Crippen molar-refractivity contribution in [2.24, 2.45) is 0 Å². The van der Waals surface area contributed by atoms with Gasteiger partial charge in [-0.25, -0.2) is 4.79 Å². The van der Waals surface area contributed by atoms with Gasteiger partial charge in [-0.05, 0) is 22.3 Å². The van der Waals surface area contributed by atoms with Crippen LogP contribution in [0.1, 0.15) is 17.2 Å².